The van der Waals surface area contributed by atoms with Gasteiger partial charge in [-0.2, -0.15) is 0 Å². The molecule has 0 bridgehead atoms. The second-order valence-electron chi connectivity index (χ2n) is 14.7. The van der Waals surface area contributed by atoms with Gasteiger partial charge in [0.25, 0.3) is 5.56 Å². The van der Waals surface area contributed by atoms with E-state index in [1.165, 1.54) is 67.3 Å². The first-order chi connectivity index (χ1) is 25.1. The van der Waals surface area contributed by atoms with Gasteiger partial charge < -0.3 is 19.5 Å². The summed E-state index contributed by atoms with van der Waals surface area (Å²) >= 11 is 0. The van der Waals surface area contributed by atoms with Gasteiger partial charge in [0, 0.05) is 67.2 Å². The van der Waals surface area contributed by atoms with Crippen molar-refractivity contribution in [3.63, 3.8) is 0 Å². The smallest absolute Gasteiger partial charge is 0.258 e. The first-order valence-electron chi connectivity index (χ1n) is 18.5. The maximum atomic E-state index is 15.8. The van der Waals surface area contributed by atoms with E-state index in [1.54, 1.807) is 19.3 Å². The number of piperidine rings is 3. The first-order valence-corrected chi connectivity index (χ1v) is 18.5. The lowest BCUT2D eigenvalue weighted by Gasteiger charge is -2.36. The number of pyridine rings is 1. The highest BCUT2D eigenvalue weighted by atomic mass is 19.1. The summed E-state index contributed by atoms with van der Waals surface area (Å²) in [4.78, 5) is 40.9. The van der Waals surface area contributed by atoms with Crippen molar-refractivity contribution in [2.45, 2.75) is 64.0 Å². The van der Waals surface area contributed by atoms with Crippen LogP contribution in [0.4, 0.5) is 20.2 Å². The molecule has 1 unspecified atom stereocenters. The van der Waals surface area contributed by atoms with Gasteiger partial charge in [-0.1, -0.05) is 12.8 Å². The lowest BCUT2D eigenvalue weighted by Crippen LogP contribution is -2.47. The second kappa shape index (κ2) is 15.5. The van der Waals surface area contributed by atoms with Crippen LogP contribution < -0.4 is 25.8 Å². The van der Waals surface area contributed by atoms with Crippen LogP contribution in [0.5, 0.6) is 5.75 Å². The van der Waals surface area contributed by atoms with E-state index in [1.807, 2.05) is 12.1 Å². The Labute approximate surface area is 302 Å². The van der Waals surface area contributed by atoms with Gasteiger partial charge in [0.1, 0.15) is 23.4 Å². The molecule has 2 N–H and O–H groups in total. The highest BCUT2D eigenvalue weighted by molar-refractivity contribution is 6.01. The van der Waals surface area contributed by atoms with Gasteiger partial charge in [-0.25, -0.2) is 8.78 Å². The van der Waals surface area contributed by atoms with E-state index in [2.05, 4.69) is 32.6 Å². The number of aryl methyl sites for hydroxylation is 1. The van der Waals surface area contributed by atoms with E-state index >= 15 is 4.39 Å². The number of anilines is 2. The quantitative estimate of drug-likeness (QED) is 0.179. The molecule has 3 aliphatic heterocycles. The summed E-state index contributed by atoms with van der Waals surface area (Å²) in [7, 11) is 3.18. The molecule has 1 aromatic heterocycles. The van der Waals surface area contributed by atoms with E-state index in [4.69, 9.17) is 4.74 Å². The maximum Gasteiger partial charge on any atom is 0.258 e. The Kier molecular flexibility index (Phi) is 10.6. The third-order valence-corrected chi connectivity index (χ3v) is 11.3. The molecule has 1 atom stereocenters. The molecule has 0 radical (unpaired) electrons. The molecule has 2 amide bonds. The predicted molar refractivity (Wildman–Crippen MR) is 200 cm³/mol. The SMILES string of the molecule is COc1cc(-c2cn(C)c(=O)c3ccc(F)cc23)cc(F)c1CN1CCC(CCC2CCN(c3ccc(NC4CCC(=O)NC4=O)cc3)CC2)CC1. The number of halogens is 2. The molecular formula is C41H47F2N5O4. The molecule has 7 rings (SSSR count). The summed E-state index contributed by atoms with van der Waals surface area (Å²) in [6, 6.07) is 15.2. The van der Waals surface area contributed by atoms with Crippen LogP contribution >= 0.6 is 0 Å². The topological polar surface area (TPSA) is 95.9 Å². The van der Waals surface area contributed by atoms with E-state index < -0.39 is 5.82 Å². The van der Waals surface area contributed by atoms with Crippen molar-refractivity contribution in [2.24, 2.45) is 18.9 Å². The fourth-order valence-corrected chi connectivity index (χ4v) is 8.18. The molecule has 0 saturated carbocycles. The molecule has 52 heavy (non-hydrogen) atoms. The molecule has 3 saturated heterocycles. The van der Waals surface area contributed by atoms with Crippen LogP contribution in [0.25, 0.3) is 21.9 Å². The normalized spacial score (nSPS) is 19.2. The van der Waals surface area contributed by atoms with Crippen LogP contribution in [0.1, 0.15) is 56.9 Å². The number of hydrogen-bond donors (Lipinski definition) is 2. The van der Waals surface area contributed by atoms with Crippen molar-refractivity contribution in [1.29, 1.82) is 0 Å². The summed E-state index contributed by atoms with van der Waals surface area (Å²) < 4.78 is 37.1. The number of nitrogens with one attached hydrogen (secondary N) is 2. The number of rotatable bonds is 10. The number of methoxy groups -OCH3 is 1. The second-order valence-corrected chi connectivity index (χ2v) is 14.7. The molecule has 3 fully saturated rings. The van der Waals surface area contributed by atoms with Crippen molar-refractivity contribution >= 4 is 34.0 Å². The number of hydrogen-bond acceptors (Lipinski definition) is 7. The number of aromatic nitrogens is 1. The number of nitrogens with zero attached hydrogens (tertiary/aromatic N) is 3. The third-order valence-electron chi connectivity index (χ3n) is 11.3. The van der Waals surface area contributed by atoms with Crippen molar-refractivity contribution in [2.75, 3.05) is 43.5 Å². The highest BCUT2D eigenvalue weighted by Crippen LogP contribution is 2.36. The zero-order valence-corrected chi connectivity index (χ0v) is 29.9. The molecule has 4 aromatic rings. The number of carbonyl (C=O) groups excluding carboxylic acids is 2. The van der Waals surface area contributed by atoms with Gasteiger partial charge in [-0.3, -0.25) is 24.6 Å². The molecule has 4 heterocycles. The minimum atomic E-state index is -0.456. The van der Waals surface area contributed by atoms with E-state index in [-0.39, 0.29) is 29.2 Å². The Morgan fingerprint density at radius 3 is 2.21 bits per heavy atom. The van der Waals surface area contributed by atoms with Gasteiger partial charge in [0.2, 0.25) is 11.8 Å². The standard InChI is InChI=1S/C41H47F2N5O4/c1-46-24-34(33-23-29(42)5-10-32(33)41(46)51)28-21-36(43)35(38(22-28)52-2)25-47-17-13-26(14-18-47)3-4-27-15-19-48(20-16-27)31-8-6-30(7-9-31)44-37-11-12-39(49)45-40(37)50/h5-10,21-24,26-27,37,44H,3-4,11-20,25H2,1-2H3,(H,45,49,50). The average Bonchev–Trinajstić information content (AvgIpc) is 3.15. The summed E-state index contributed by atoms with van der Waals surface area (Å²) in [6.07, 6.45) is 9.48. The summed E-state index contributed by atoms with van der Waals surface area (Å²) in [5.41, 5.74) is 3.45. The van der Waals surface area contributed by atoms with Crippen LogP contribution in [0.2, 0.25) is 0 Å². The van der Waals surface area contributed by atoms with Crippen LogP contribution in [0.15, 0.2) is 65.6 Å². The van der Waals surface area contributed by atoms with Gasteiger partial charge in [-0.05, 0) is 123 Å². The van der Waals surface area contributed by atoms with Gasteiger partial charge in [0.15, 0.2) is 0 Å². The minimum Gasteiger partial charge on any atom is -0.496 e. The molecule has 11 heteroatoms. The monoisotopic (exact) mass is 711 g/mol. The lowest BCUT2D eigenvalue weighted by atomic mass is 9.85. The zero-order valence-electron chi connectivity index (χ0n) is 29.9. The molecule has 274 valence electrons. The van der Waals surface area contributed by atoms with E-state index in [0.717, 1.165) is 50.6 Å². The summed E-state index contributed by atoms with van der Waals surface area (Å²) in [5.74, 6) is 0.538. The van der Waals surface area contributed by atoms with Crippen molar-refractivity contribution in [3.8, 4) is 16.9 Å². The van der Waals surface area contributed by atoms with Crippen molar-refractivity contribution < 1.29 is 23.1 Å². The molecular weight excluding hydrogens is 664 g/mol. The predicted octanol–water partition coefficient (Wildman–Crippen LogP) is 6.62. The Hall–Kier alpha value is -4.77. The Morgan fingerprint density at radius 2 is 1.54 bits per heavy atom. The maximum absolute atomic E-state index is 15.8. The van der Waals surface area contributed by atoms with Gasteiger partial charge in [-0.15, -0.1) is 0 Å². The lowest BCUT2D eigenvalue weighted by molar-refractivity contribution is -0.133. The third kappa shape index (κ3) is 7.84. The van der Waals surface area contributed by atoms with Crippen LogP contribution in [-0.4, -0.2) is 60.6 Å². The van der Waals surface area contributed by atoms with E-state index in [0.29, 0.717) is 58.5 Å². The fourth-order valence-electron chi connectivity index (χ4n) is 8.18. The number of likely N-dealkylation sites (tertiary alicyclic amines) is 1. The first kappa shape index (κ1) is 35.6. The number of imide groups is 1. The van der Waals surface area contributed by atoms with Crippen LogP contribution in [0, 0.1) is 23.5 Å². The van der Waals surface area contributed by atoms with Crippen LogP contribution in [0.3, 0.4) is 0 Å². The van der Waals surface area contributed by atoms with E-state index in [9.17, 15) is 18.8 Å². The summed E-state index contributed by atoms with van der Waals surface area (Å²) in [5, 5.41) is 6.46. The fraction of sp³-hybridized carbons (Fsp3) is 0.439. The molecule has 3 aromatic carbocycles. The number of amides is 2. The Bertz CT molecular complexity index is 2000. The minimum absolute atomic E-state index is 0.210. The molecule has 0 aliphatic carbocycles. The number of carbonyl (C=O) groups is 2. The van der Waals surface area contributed by atoms with Crippen molar-refractivity contribution in [3.05, 3.63) is 88.3 Å². The zero-order chi connectivity index (χ0) is 36.4. The number of ether oxygens (including phenoxy) is 1. The van der Waals surface area contributed by atoms with Gasteiger partial charge in [0.05, 0.1) is 7.11 Å². The average molecular weight is 712 g/mol. The van der Waals surface area contributed by atoms with Gasteiger partial charge >= 0.3 is 0 Å². The largest absolute Gasteiger partial charge is 0.496 e. The summed E-state index contributed by atoms with van der Waals surface area (Å²) in [6.45, 7) is 4.34. The van der Waals surface area contributed by atoms with Crippen LogP contribution in [-0.2, 0) is 23.2 Å². The number of fused-ring (bicyclic) bond motifs is 1. The Balaban J connectivity index is 0.881. The van der Waals surface area contributed by atoms with Crippen molar-refractivity contribution in [1.82, 2.24) is 14.8 Å². The Morgan fingerprint density at radius 1 is 0.846 bits per heavy atom. The molecule has 0 spiro atoms. The molecule has 3 aliphatic rings. The molecule has 9 nitrogen and oxygen atoms in total. The number of benzene rings is 3. The highest BCUT2D eigenvalue weighted by Gasteiger charge is 2.27.